The molecule has 6 heterocycles. The summed E-state index contributed by atoms with van der Waals surface area (Å²) in [5.41, 5.74) is 0.189. The molecule has 6 aliphatic heterocycles. The second kappa shape index (κ2) is 19.3. The third kappa shape index (κ3) is 13.2. The van der Waals surface area contributed by atoms with Crippen LogP contribution in [0, 0.1) is 41.4 Å². The highest BCUT2D eigenvalue weighted by Crippen LogP contribution is 2.55. The molecule has 0 radical (unpaired) electrons. The second-order valence-electron chi connectivity index (χ2n) is 21.7. The zero-order valence-electron chi connectivity index (χ0n) is 40.2. The third-order valence-corrected chi connectivity index (χ3v) is 53.6. The maximum atomic E-state index is 11.6. The summed E-state index contributed by atoms with van der Waals surface area (Å²) >= 11 is 0. The van der Waals surface area contributed by atoms with Gasteiger partial charge in [-0.1, -0.05) is 110 Å². The summed E-state index contributed by atoms with van der Waals surface area (Å²) in [6.07, 6.45) is 1.73. The van der Waals surface area contributed by atoms with Gasteiger partial charge in [0.2, 0.25) is 0 Å². The van der Waals surface area contributed by atoms with Crippen LogP contribution >= 0.6 is 0 Å². The van der Waals surface area contributed by atoms with Crippen LogP contribution in [0.15, 0.2) is 12.2 Å². The van der Waals surface area contributed by atoms with E-state index in [1.54, 1.807) is 0 Å². The monoisotopic (exact) mass is 1020 g/mol. The van der Waals surface area contributed by atoms with Crippen LogP contribution in [0.2, 0.25) is 61.4 Å². The molecule has 354 valence electrons. The molecule has 1 N–H and O–H groups in total. The Hall–Kier alpha value is 0.642. The quantitative estimate of drug-likeness (QED) is 0.0620. The van der Waals surface area contributed by atoms with Gasteiger partial charge in [0.1, 0.15) is 0 Å². The van der Waals surface area contributed by atoms with Crippen LogP contribution in [0.1, 0.15) is 116 Å². The molecule has 6 rings (SSSR count). The summed E-state index contributed by atoms with van der Waals surface area (Å²) in [5.74, 6) is -0.587. The van der Waals surface area contributed by atoms with Crippen molar-refractivity contribution in [1.29, 1.82) is 0 Å². The first-order valence-electron chi connectivity index (χ1n) is 23.0. The van der Waals surface area contributed by atoms with E-state index in [-0.39, 0.29) is 47.0 Å². The molecule has 6 aliphatic rings. The van der Waals surface area contributed by atoms with Crippen LogP contribution in [-0.4, -0.2) is 90.1 Å². The molecule has 0 aromatic heterocycles. The van der Waals surface area contributed by atoms with Crippen molar-refractivity contribution in [3.05, 3.63) is 12.2 Å². The van der Waals surface area contributed by atoms with Gasteiger partial charge in [0.25, 0.3) is 0 Å². The van der Waals surface area contributed by atoms with E-state index in [0.717, 1.165) is 0 Å². The number of aliphatic carboxylic acids is 1. The number of carboxylic acid groups (broad SMARTS) is 1. The Labute approximate surface area is 377 Å². The summed E-state index contributed by atoms with van der Waals surface area (Å²) in [6, 6.07) is 3.52. The Morgan fingerprint density at radius 3 is 0.902 bits per heavy atom. The van der Waals surface area contributed by atoms with Gasteiger partial charge in [-0.2, -0.15) is 0 Å². The molecule has 6 saturated heterocycles. The van der Waals surface area contributed by atoms with Crippen molar-refractivity contribution in [3.63, 3.8) is 0 Å². The molecule has 0 unspecified atom stereocenters. The van der Waals surface area contributed by atoms with E-state index in [0.29, 0.717) is 67.6 Å². The number of unbranched alkanes of at least 4 members (excludes halogenated alkanes) is 1. The Balaban J connectivity index is 1.89. The average Bonchev–Trinajstić information content (AvgIpc) is 2.96. The van der Waals surface area contributed by atoms with E-state index in [1.807, 2.05) is 0 Å². The Morgan fingerprint density at radius 2 is 0.689 bits per heavy atom. The normalized spacial score (nSPS) is 37.6. The lowest BCUT2D eigenvalue weighted by molar-refractivity contribution is -0.132. The molecule has 0 saturated carbocycles. The standard InChI is InChI=1S/C37H80O15Si9/c1-29(2)22-54-41-55(23-30(3)4)44-58(26-33(9)10)46-56(42-54,24-31(5)6)48-60(28-35(13)14)49-57(43-54,25-32(7)8)47-59(45-55,27-34(11)12)51-61(50-58,52-60)40-53(16,17)21-19-18-20-36(15)37(38)39/h29-35H,15,18-28H2,1-14,16-17H3,(H,38,39). The second-order valence-corrected chi connectivity index (χ2v) is 49.7. The van der Waals surface area contributed by atoms with E-state index in [1.165, 1.54) is 0 Å². The minimum Gasteiger partial charge on any atom is -0.478 e. The van der Waals surface area contributed by atoms with Crippen molar-refractivity contribution < 1.29 is 63.4 Å². The smallest absolute Gasteiger partial charge is 0.478 e. The van der Waals surface area contributed by atoms with Gasteiger partial charge >= 0.3 is 76.6 Å². The fourth-order valence-electron chi connectivity index (χ4n) is 9.03. The molecule has 0 aromatic carbocycles. The van der Waals surface area contributed by atoms with Crippen molar-refractivity contribution in [2.45, 2.75) is 178 Å². The first-order valence-corrected chi connectivity index (χ1v) is 41.2. The van der Waals surface area contributed by atoms with Gasteiger partial charge in [-0.05, 0) is 73.4 Å². The first-order chi connectivity index (χ1) is 27.9. The molecular formula is C37H80O15Si9. The van der Waals surface area contributed by atoms with Gasteiger partial charge in [-0.15, -0.1) is 0 Å². The lowest BCUT2D eigenvalue weighted by atomic mass is 10.1. The van der Waals surface area contributed by atoms with Crippen LogP contribution < -0.4 is 0 Å². The Bertz CT molecular complexity index is 1400. The summed E-state index contributed by atoms with van der Waals surface area (Å²) in [5, 5.41) is 9.49. The number of carbonyl (C=O) groups is 1. The van der Waals surface area contributed by atoms with Gasteiger partial charge in [0.15, 0.2) is 8.32 Å². The van der Waals surface area contributed by atoms with Crippen molar-refractivity contribution in [2.75, 3.05) is 0 Å². The van der Waals surface area contributed by atoms with Gasteiger partial charge < -0.3 is 58.6 Å². The largest absolute Gasteiger partial charge is 0.646 e. The van der Waals surface area contributed by atoms with Gasteiger partial charge in [0, 0.05) is 47.9 Å². The predicted octanol–water partition coefficient (Wildman–Crippen LogP) is 9.89. The van der Waals surface area contributed by atoms with Crippen LogP contribution in [0.5, 0.6) is 0 Å². The van der Waals surface area contributed by atoms with E-state index in [4.69, 9.17) is 53.5 Å². The zero-order valence-corrected chi connectivity index (χ0v) is 49.2. The van der Waals surface area contributed by atoms with Crippen LogP contribution in [-0.2, 0) is 58.3 Å². The average molecular weight is 1020 g/mol. The lowest BCUT2D eigenvalue weighted by Gasteiger charge is -2.63. The van der Waals surface area contributed by atoms with E-state index in [9.17, 15) is 9.90 Å². The minimum absolute atomic E-state index is 0.0318. The highest BCUT2D eigenvalue weighted by Gasteiger charge is 2.84. The Kier molecular flexibility index (Phi) is 16.7. The third-order valence-electron chi connectivity index (χ3n) is 10.5. The number of hydrogen-bond donors (Lipinski definition) is 1. The fraction of sp³-hybridized carbons (Fsp3) is 0.919. The molecular weight excluding hydrogens is 937 g/mol. The van der Waals surface area contributed by atoms with Crippen molar-refractivity contribution in [1.82, 2.24) is 0 Å². The molecule has 0 aliphatic carbocycles. The van der Waals surface area contributed by atoms with Gasteiger partial charge in [0.05, 0.1) is 0 Å². The summed E-state index contributed by atoms with van der Waals surface area (Å²) in [7, 11) is -35.8. The maximum absolute atomic E-state index is 11.6. The molecule has 61 heavy (non-hydrogen) atoms. The van der Waals surface area contributed by atoms with E-state index >= 15 is 0 Å². The van der Waals surface area contributed by atoms with Gasteiger partial charge in [-0.3, -0.25) is 0 Å². The Morgan fingerprint density at radius 1 is 0.459 bits per heavy atom. The van der Waals surface area contributed by atoms with Crippen molar-refractivity contribution >= 4 is 85.0 Å². The molecule has 0 aromatic rings. The molecule has 15 nitrogen and oxygen atoms in total. The summed E-state index contributed by atoms with van der Waals surface area (Å²) in [6.45, 7) is 37.9. The molecule has 0 amide bonds. The predicted molar refractivity (Wildman–Crippen MR) is 251 cm³/mol. The van der Waals surface area contributed by atoms with Crippen LogP contribution in [0.3, 0.4) is 0 Å². The lowest BCUT2D eigenvalue weighted by Crippen LogP contribution is -2.89. The highest BCUT2D eigenvalue weighted by atomic mass is 28.6. The van der Waals surface area contributed by atoms with Crippen molar-refractivity contribution in [2.24, 2.45) is 41.4 Å². The molecule has 24 heteroatoms. The number of carboxylic acids is 1. The minimum atomic E-state index is -4.57. The first kappa shape index (κ1) is 52.6. The number of hydrogen-bond acceptors (Lipinski definition) is 14. The maximum Gasteiger partial charge on any atom is 0.646 e. The SMILES string of the molecule is C=C(CCCC[Si](C)(C)O[Si]12O[Si]3(CC(C)C)O[Si]4(CC(C)C)O[Si]5(CC(C)C)O[Si](CC(C)C)(O3)O[Si](CC(C)C)(O[Si](CC(C)C)(O5)O[Si](CC(C)C)(O4)O1)O2)C(=O)O. The fourth-order valence-corrected chi connectivity index (χ4v) is 63.5. The van der Waals surface area contributed by atoms with Gasteiger partial charge in [-0.25, -0.2) is 4.79 Å². The molecule has 6 fully saturated rings. The summed E-state index contributed by atoms with van der Waals surface area (Å²) < 4.78 is 101. The zero-order chi connectivity index (χ0) is 45.7. The van der Waals surface area contributed by atoms with Crippen LogP contribution in [0.4, 0.5) is 0 Å². The summed E-state index contributed by atoms with van der Waals surface area (Å²) in [4.78, 5) is 11.6. The van der Waals surface area contributed by atoms with E-state index < -0.39 is 85.0 Å². The van der Waals surface area contributed by atoms with E-state index in [2.05, 4.69) is 117 Å². The number of rotatable bonds is 22. The van der Waals surface area contributed by atoms with Crippen molar-refractivity contribution in [3.8, 4) is 0 Å². The van der Waals surface area contributed by atoms with Crippen LogP contribution in [0.25, 0.3) is 0 Å². The molecule has 8 bridgehead atoms. The topological polar surface area (TPSA) is 157 Å². The molecule has 0 atom stereocenters. The highest BCUT2D eigenvalue weighted by molar-refractivity contribution is 7.03. The molecule has 0 spiro atoms.